The maximum absolute atomic E-state index is 6.12. The highest BCUT2D eigenvalue weighted by atomic mass is 32.2. The topological polar surface area (TPSA) is 26.0 Å². The summed E-state index contributed by atoms with van der Waals surface area (Å²) in [7, 11) is 0. The van der Waals surface area contributed by atoms with Crippen molar-refractivity contribution in [3.8, 4) is 0 Å². The van der Waals surface area contributed by atoms with Gasteiger partial charge in [0.1, 0.15) is 0 Å². The lowest BCUT2D eigenvalue weighted by atomic mass is 9.96. The van der Waals surface area contributed by atoms with Gasteiger partial charge < -0.3 is 5.73 Å². The van der Waals surface area contributed by atoms with Crippen LogP contribution in [0.15, 0.2) is 30.3 Å². The van der Waals surface area contributed by atoms with Gasteiger partial charge in [0.15, 0.2) is 0 Å². The van der Waals surface area contributed by atoms with Crippen molar-refractivity contribution in [1.82, 2.24) is 0 Å². The van der Waals surface area contributed by atoms with E-state index in [1.165, 1.54) is 5.56 Å². The number of hydrogen-bond acceptors (Lipinski definition) is 2. The van der Waals surface area contributed by atoms with Crippen LogP contribution in [-0.2, 0) is 0 Å². The van der Waals surface area contributed by atoms with E-state index in [9.17, 15) is 0 Å². The Morgan fingerprint density at radius 3 is 2.53 bits per heavy atom. The van der Waals surface area contributed by atoms with Gasteiger partial charge in [0, 0.05) is 16.0 Å². The SMILES string of the molecule is CC1(C)C[C@@H](N)C[C@H](c2ccccc2)S1. The molecule has 15 heavy (non-hydrogen) atoms. The van der Waals surface area contributed by atoms with Crippen LogP contribution in [0.5, 0.6) is 0 Å². The molecule has 1 fully saturated rings. The first-order valence-corrected chi connectivity index (χ1v) is 6.43. The standard InChI is InChI=1S/C13H19NS/c1-13(2)9-11(14)8-12(15-13)10-6-4-3-5-7-10/h3-7,11-12H,8-9,14H2,1-2H3/t11-,12+/m0/s1. The molecule has 1 aromatic rings. The quantitative estimate of drug-likeness (QED) is 0.787. The summed E-state index contributed by atoms with van der Waals surface area (Å²) in [6.45, 7) is 4.60. The van der Waals surface area contributed by atoms with Gasteiger partial charge in [-0.25, -0.2) is 0 Å². The predicted molar refractivity (Wildman–Crippen MR) is 68.1 cm³/mol. The Labute approximate surface area is 96.4 Å². The van der Waals surface area contributed by atoms with Gasteiger partial charge >= 0.3 is 0 Å². The molecule has 2 atom stereocenters. The third kappa shape index (κ3) is 2.76. The summed E-state index contributed by atoms with van der Waals surface area (Å²) in [6.07, 6.45) is 2.24. The fraction of sp³-hybridized carbons (Fsp3) is 0.538. The Morgan fingerprint density at radius 2 is 1.93 bits per heavy atom. The molecule has 0 bridgehead atoms. The highest BCUT2D eigenvalue weighted by Gasteiger charge is 2.33. The fourth-order valence-electron chi connectivity index (χ4n) is 2.34. The summed E-state index contributed by atoms with van der Waals surface area (Å²) < 4.78 is 0.318. The zero-order chi connectivity index (χ0) is 10.9. The van der Waals surface area contributed by atoms with E-state index in [4.69, 9.17) is 5.73 Å². The first-order chi connectivity index (χ1) is 7.07. The van der Waals surface area contributed by atoms with Crippen molar-refractivity contribution in [3.05, 3.63) is 35.9 Å². The average Bonchev–Trinajstić information content (AvgIpc) is 2.16. The molecule has 0 aromatic heterocycles. The Bertz CT molecular complexity index is 321. The van der Waals surface area contributed by atoms with Gasteiger partial charge in [-0.05, 0) is 18.4 Å². The zero-order valence-electron chi connectivity index (χ0n) is 9.44. The zero-order valence-corrected chi connectivity index (χ0v) is 10.3. The predicted octanol–water partition coefficient (Wildman–Crippen LogP) is 3.36. The first-order valence-electron chi connectivity index (χ1n) is 5.55. The van der Waals surface area contributed by atoms with Crippen molar-refractivity contribution in [2.24, 2.45) is 5.73 Å². The van der Waals surface area contributed by atoms with Crippen molar-refractivity contribution in [2.45, 2.75) is 42.7 Å². The van der Waals surface area contributed by atoms with Crippen LogP contribution in [0, 0.1) is 0 Å². The van der Waals surface area contributed by atoms with Gasteiger partial charge in [-0.2, -0.15) is 0 Å². The van der Waals surface area contributed by atoms with E-state index in [2.05, 4.69) is 55.9 Å². The second-order valence-electron chi connectivity index (χ2n) is 4.98. The van der Waals surface area contributed by atoms with Crippen LogP contribution >= 0.6 is 11.8 Å². The molecule has 1 aliphatic rings. The van der Waals surface area contributed by atoms with Crippen LogP contribution in [0.2, 0.25) is 0 Å². The van der Waals surface area contributed by atoms with Gasteiger partial charge in [0.25, 0.3) is 0 Å². The molecule has 1 aliphatic heterocycles. The summed E-state index contributed by atoms with van der Waals surface area (Å²) in [5, 5.41) is 0.574. The highest BCUT2D eigenvalue weighted by molar-refractivity contribution is 8.00. The number of hydrogen-bond donors (Lipinski definition) is 1. The molecule has 0 amide bonds. The van der Waals surface area contributed by atoms with Gasteiger partial charge in [0.05, 0.1) is 0 Å². The molecular formula is C13H19NS. The van der Waals surface area contributed by atoms with E-state index >= 15 is 0 Å². The molecule has 1 saturated heterocycles. The molecule has 1 nitrogen and oxygen atoms in total. The van der Waals surface area contributed by atoms with E-state index in [-0.39, 0.29) is 0 Å². The Morgan fingerprint density at radius 1 is 1.27 bits per heavy atom. The van der Waals surface area contributed by atoms with E-state index in [0.29, 0.717) is 16.0 Å². The van der Waals surface area contributed by atoms with Crippen LogP contribution in [0.4, 0.5) is 0 Å². The molecule has 0 radical (unpaired) electrons. The molecule has 82 valence electrons. The Kier molecular flexibility index (Phi) is 3.08. The minimum Gasteiger partial charge on any atom is -0.328 e. The maximum Gasteiger partial charge on any atom is 0.0317 e. The molecule has 2 rings (SSSR count). The average molecular weight is 221 g/mol. The van der Waals surface area contributed by atoms with Gasteiger partial charge in [0.2, 0.25) is 0 Å². The fourth-order valence-corrected chi connectivity index (χ4v) is 4.06. The molecule has 1 heterocycles. The molecule has 1 aromatic carbocycles. The monoisotopic (exact) mass is 221 g/mol. The number of nitrogens with two attached hydrogens (primary N) is 1. The molecule has 0 saturated carbocycles. The van der Waals surface area contributed by atoms with Crippen molar-refractivity contribution in [1.29, 1.82) is 0 Å². The summed E-state index contributed by atoms with van der Waals surface area (Å²) in [6, 6.07) is 11.1. The third-order valence-corrected chi connectivity index (χ3v) is 4.46. The largest absolute Gasteiger partial charge is 0.328 e. The second kappa shape index (κ2) is 4.18. The number of benzene rings is 1. The molecule has 0 spiro atoms. The smallest absolute Gasteiger partial charge is 0.0317 e. The summed E-state index contributed by atoms with van der Waals surface area (Å²) in [5.41, 5.74) is 7.55. The highest BCUT2D eigenvalue weighted by Crippen LogP contribution is 2.47. The minimum atomic E-state index is 0.318. The van der Waals surface area contributed by atoms with E-state index in [1.807, 2.05) is 0 Å². The Balaban J connectivity index is 2.17. The van der Waals surface area contributed by atoms with Crippen LogP contribution in [0.1, 0.15) is 37.5 Å². The lowest BCUT2D eigenvalue weighted by Gasteiger charge is -2.38. The Hall–Kier alpha value is -0.470. The third-order valence-electron chi connectivity index (χ3n) is 2.90. The summed E-state index contributed by atoms with van der Waals surface area (Å²) in [5.74, 6) is 0. The van der Waals surface area contributed by atoms with Crippen LogP contribution in [0.3, 0.4) is 0 Å². The van der Waals surface area contributed by atoms with E-state index < -0.39 is 0 Å². The molecule has 2 heteroatoms. The van der Waals surface area contributed by atoms with Crippen molar-refractivity contribution in [3.63, 3.8) is 0 Å². The normalized spacial score (nSPS) is 30.1. The van der Waals surface area contributed by atoms with Gasteiger partial charge in [-0.15, -0.1) is 11.8 Å². The number of rotatable bonds is 1. The second-order valence-corrected chi connectivity index (χ2v) is 6.89. The van der Waals surface area contributed by atoms with Crippen LogP contribution < -0.4 is 5.73 Å². The lowest BCUT2D eigenvalue weighted by Crippen LogP contribution is -2.36. The lowest BCUT2D eigenvalue weighted by molar-refractivity contribution is 0.472. The van der Waals surface area contributed by atoms with Crippen molar-refractivity contribution >= 4 is 11.8 Å². The number of thioether (sulfide) groups is 1. The first kappa shape index (κ1) is 11.0. The minimum absolute atomic E-state index is 0.318. The van der Waals surface area contributed by atoms with Gasteiger partial charge in [-0.1, -0.05) is 44.2 Å². The molecule has 0 aliphatic carbocycles. The van der Waals surface area contributed by atoms with E-state index in [0.717, 1.165) is 12.8 Å². The molecular weight excluding hydrogens is 202 g/mol. The van der Waals surface area contributed by atoms with Crippen LogP contribution in [0.25, 0.3) is 0 Å². The summed E-state index contributed by atoms with van der Waals surface area (Å²) >= 11 is 2.07. The molecule has 0 unspecified atom stereocenters. The maximum atomic E-state index is 6.12. The molecule has 2 N–H and O–H groups in total. The van der Waals surface area contributed by atoms with Crippen molar-refractivity contribution in [2.75, 3.05) is 0 Å². The summed E-state index contributed by atoms with van der Waals surface area (Å²) in [4.78, 5) is 0. The van der Waals surface area contributed by atoms with E-state index in [1.54, 1.807) is 0 Å². The van der Waals surface area contributed by atoms with Crippen molar-refractivity contribution < 1.29 is 0 Å². The van der Waals surface area contributed by atoms with Gasteiger partial charge in [-0.3, -0.25) is 0 Å². The van der Waals surface area contributed by atoms with Crippen LogP contribution in [-0.4, -0.2) is 10.8 Å².